The Labute approximate surface area is 137 Å². The van der Waals surface area contributed by atoms with Crippen LogP contribution in [-0.2, 0) is 16.0 Å². The lowest BCUT2D eigenvalue weighted by molar-refractivity contribution is -0.128. The number of ether oxygens (including phenoxy) is 1. The van der Waals surface area contributed by atoms with Crippen molar-refractivity contribution in [2.75, 3.05) is 38.7 Å². The smallest absolute Gasteiger partial charge is 0.319 e. The minimum atomic E-state index is -0.228. The van der Waals surface area contributed by atoms with Gasteiger partial charge in [0.2, 0.25) is 5.91 Å². The Hall–Kier alpha value is -2.08. The Morgan fingerprint density at radius 3 is 2.91 bits per heavy atom. The molecule has 0 aliphatic carbocycles. The third-order valence-electron chi connectivity index (χ3n) is 4.06. The highest BCUT2D eigenvalue weighted by atomic mass is 16.5. The number of aryl methyl sites for hydroxylation is 1. The second-order valence-electron chi connectivity index (χ2n) is 5.75. The number of benzene rings is 1. The molecule has 1 heterocycles. The number of hydrogen-bond acceptors (Lipinski definition) is 3. The van der Waals surface area contributed by atoms with Crippen molar-refractivity contribution in [2.24, 2.45) is 5.92 Å². The van der Waals surface area contributed by atoms with E-state index >= 15 is 0 Å². The average molecular weight is 319 g/mol. The zero-order chi connectivity index (χ0) is 16.7. The van der Waals surface area contributed by atoms with E-state index in [0.29, 0.717) is 32.7 Å². The highest BCUT2D eigenvalue weighted by Crippen LogP contribution is 2.17. The summed E-state index contributed by atoms with van der Waals surface area (Å²) in [5, 5.41) is 5.73. The van der Waals surface area contributed by atoms with Gasteiger partial charge in [-0.3, -0.25) is 4.79 Å². The number of para-hydroxylation sites is 1. The van der Waals surface area contributed by atoms with Gasteiger partial charge in [-0.2, -0.15) is 0 Å². The maximum atomic E-state index is 12.0. The minimum Gasteiger partial charge on any atom is -0.383 e. The van der Waals surface area contributed by atoms with Crippen LogP contribution in [-0.4, -0.2) is 50.2 Å². The summed E-state index contributed by atoms with van der Waals surface area (Å²) < 4.78 is 5.00. The first-order chi connectivity index (χ1) is 11.1. The van der Waals surface area contributed by atoms with Crippen molar-refractivity contribution in [3.63, 3.8) is 0 Å². The van der Waals surface area contributed by atoms with Crippen molar-refractivity contribution < 1.29 is 14.3 Å². The first kappa shape index (κ1) is 17.3. The molecule has 1 aromatic rings. The molecule has 126 valence electrons. The lowest BCUT2D eigenvalue weighted by atomic mass is 10.1. The van der Waals surface area contributed by atoms with Crippen LogP contribution in [0.4, 0.5) is 10.5 Å². The van der Waals surface area contributed by atoms with Crippen molar-refractivity contribution in [1.82, 2.24) is 10.2 Å². The normalized spacial score (nSPS) is 17.4. The van der Waals surface area contributed by atoms with E-state index in [1.807, 2.05) is 24.3 Å². The third kappa shape index (κ3) is 4.96. The molecule has 1 saturated heterocycles. The monoisotopic (exact) mass is 319 g/mol. The number of amides is 3. The molecule has 0 unspecified atom stereocenters. The fourth-order valence-corrected chi connectivity index (χ4v) is 2.76. The van der Waals surface area contributed by atoms with Crippen molar-refractivity contribution in [1.29, 1.82) is 0 Å². The molecule has 1 fully saturated rings. The maximum Gasteiger partial charge on any atom is 0.319 e. The maximum absolute atomic E-state index is 12.0. The van der Waals surface area contributed by atoms with E-state index in [1.165, 1.54) is 0 Å². The summed E-state index contributed by atoms with van der Waals surface area (Å²) >= 11 is 0. The van der Waals surface area contributed by atoms with Gasteiger partial charge in [-0.25, -0.2) is 4.79 Å². The number of hydrogen-bond donors (Lipinski definition) is 2. The highest BCUT2D eigenvalue weighted by molar-refractivity contribution is 5.90. The summed E-state index contributed by atoms with van der Waals surface area (Å²) in [5.74, 6) is 0.289. The molecule has 1 atom stereocenters. The van der Waals surface area contributed by atoms with Crippen LogP contribution < -0.4 is 10.6 Å². The number of rotatable bonds is 7. The molecule has 6 heteroatoms. The predicted octanol–water partition coefficient (Wildman–Crippen LogP) is 1.87. The summed E-state index contributed by atoms with van der Waals surface area (Å²) in [7, 11) is 1.62. The van der Waals surface area contributed by atoms with E-state index in [1.54, 1.807) is 12.0 Å². The summed E-state index contributed by atoms with van der Waals surface area (Å²) in [6.45, 7) is 4.38. The van der Waals surface area contributed by atoms with E-state index in [0.717, 1.165) is 17.7 Å². The molecule has 0 spiro atoms. The van der Waals surface area contributed by atoms with Gasteiger partial charge in [0.1, 0.15) is 0 Å². The Bertz CT molecular complexity index is 548. The number of likely N-dealkylation sites (tertiary alicyclic amines) is 1. The molecule has 1 aliphatic rings. The van der Waals surface area contributed by atoms with E-state index < -0.39 is 0 Å². The fraction of sp³-hybridized carbons (Fsp3) is 0.529. The van der Waals surface area contributed by atoms with Crippen LogP contribution in [0.25, 0.3) is 0 Å². The zero-order valence-corrected chi connectivity index (χ0v) is 13.8. The van der Waals surface area contributed by atoms with Gasteiger partial charge in [0.25, 0.3) is 0 Å². The van der Waals surface area contributed by atoms with Crippen LogP contribution in [0, 0.1) is 5.92 Å². The molecular weight excluding hydrogens is 294 g/mol. The van der Waals surface area contributed by atoms with Gasteiger partial charge < -0.3 is 20.3 Å². The average Bonchev–Trinajstić information content (AvgIpc) is 2.91. The molecule has 2 rings (SSSR count). The molecule has 0 bridgehead atoms. The lowest BCUT2D eigenvalue weighted by Gasteiger charge is -2.16. The molecule has 6 nitrogen and oxygen atoms in total. The van der Waals surface area contributed by atoms with Crippen LogP contribution >= 0.6 is 0 Å². The Kier molecular flexibility index (Phi) is 6.40. The molecule has 0 aromatic heterocycles. The third-order valence-corrected chi connectivity index (χ3v) is 4.06. The van der Waals surface area contributed by atoms with E-state index in [4.69, 9.17) is 4.74 Å². The van der Waals surface area contributed by atoms with Gasteiger partial charge in [-0.1, -0.05) is 25.1 Å². The van der Waals surface area contributed by atoms with Crippen molar-refractivity contribution in [3.8, 4) is 0 Å². The van der Waals surface area contributed by atoms with E-state index in [-0.39, 0.29) is 17.9 Å². The predicted molar refractivity (Wildman–Crippen MR) is 89.4 cm³/mol. The number of nitrogens with one attached hydrogen (secondary N) is 2. The topological polar surface area (TPSA) is 70.7 Å². The summed E-state index contributed by atoms with van der Waals surface area (Å²) in [6.07, 6.45) is 1.34. The van der Waals surface area contributed by atoms with Crippen LogP contribution in [0.2, 0.25) is 0 Å². The summed E-state index contributed by atoms with van der Waals surface area (Å²) in [6, 6.07) is 7.52. The zero-order valence-electron chi connectivity index (χ0n) is 13.8. The first-order valence-electron chi connectivity index (χ1n) is 8.03. The Balaban J connectivity index is 1.78. The summed E-state index contributed by atoms with van der Waals surface area (Å²) in [5.41, 5.74) is 1.93. The number of carbonyl (C=O) groups is 2. The summed E-state index contributed by atoms with van der Waals surface area (Å²) in [4.78, 5) is 25.7. The van der Waals surface area contributed by atoms with Crippen molar-refractivity contribution >= 4 is 17.6 Å². The molecule has 2 N–H and O–H groups in total. The molecule has 23 heavy (non-hydrogen) atoms. The molecule has 3 amide bonds. The van der Waals surface area contributed by atoms with Crippen LogP contribution in [0.5, 0.6) is 0 Å². The SMILES string of the molecule is CCc1ccccc1NC(=O)NC[C@H]1CC(=O)N(CCOC)C1. The lowest BCUT2D eigenvalue weighted by Crippen LogP contribution is -2.34. The van der Waals surface area contributed by atoms with Crippen LogP contribution in [0.1, 0.15) is 18.9 Å². The fourth-order valence-electron chi connectivity index (χ4n) is 2.76. The largest absolute Gasteiger partial charge is 0.383 e. The van der Waals surface area contributed by atoms with Crippen LogP contribution in [0.15, 0.2) is 24.3 Å². The second kappa shape index (κ2) is 8.53. The van der Waals surface area contributed by atoms with Crippen molar-refractivity contribution in [3.05, 3.63) is 29.8 Å². The number of anilines is 1. The van der Waals surface area contributed by atoms with Gasteiger partial charge in [-0.15, -0.1) is 0 Å². The molecule has 1 aliphatic heterocycles. The van der Waals surface area contributed by atoms with Gasteiger partial charge in [0.05, 0.1) is 6.61 Å². The van der Waals surface area contributed by atoms with Crippen molar-refractivity contribution in [2.45, 2.75) is 19.8 Å². The van der Waals surface area contributed by atoms with Crippen LogP contribution in [0.3, 0.4) is 0 Å². The van der Waals surface area contributed by atoms with Gasteiger partial charge in [0, 0.05) is 44.8 Å². The molecular formula is C17H25N3O3. The van der Waals surface area contributed by atoms with E-state index in [2.05, 4.69) is 17.6 Å². The minimum absolute atomic E-state index is 0.130. The second-order valence-corrected chi connectivity index (χ2v) is 5.75. The number of nitrogens with zero attached hydrogens (tertiary/aromatic N) is 1. The number of urea groups is 1. The molecule has 0 radical (unpaired) electrons. The standard InChI is InChI=1S/C17H25N3O3/c1-3-14-6-4-5-7-15(14)19-17(22)18-11-13-10-16(21)20(12-13)8-9-23-2/h4-7,13H,3,8-12H2,1-2H3,(H2,18,19,22)/t13-/m1/s1. The Morgan fingerprint density at radius 1 is 1.39 bits per heavy atom. The number of methoxy groups -OCH3 is 1. The molecule has 0 saturated carbocycles. The highest BCUT2D eigenvalue weighted by Gasteiger charge is 2.29. The number of carbonyl (C=O) groups excluding carboxylic acids is 2. The van der Waals surface area contributed by atoms with Gasteiger partial charge in [-0.05, 0) is 18.1 Å². The Morgan fingerprint density at radius 2 is 2.17 bits per heavy atom. The van der Waals surface area contributed by atoms with Gasteiger partial charge in [0.15, 0.2) is 0 Å². The van der Waals surface area contributed by atoms with Gasteiger partial charge >= 0.3 is 6.03 Å². The van der Waals surface area contributed by atoms with E-state index in [9.17, 15) is 9.59 Å². The first-order valence-corrected chi connectivity index (χ1v) is 8.03. The quantitative estimate of drug-likeness (QED) is 0.806. The molecule has 1 aromatic carbocycles.